The number of Topliss-reactive ketones (excluding diaryl/α,β-unsaturated/α-hetero) is 1. The first kappa shape index (κ1) is 15.3. The summed E-state index contributed by atoms with van der Waals surface area (Å²) in [6.07, 6.45) is 3.61. The van der Waals surface area contributed by atoms with Gasteiger partial charge in [0.1, 0.15) is 11.5 Å². The van der Waals surface area contributed by atoms with E-state index in [1.807, 2.05) is 18.2 Å². The van der Waals surface area contributed by atoms with Crippen molar-refractivity contribution in [3.8, 4) is 5.75 Å². The van der Waals surface area contributed by atoms with E-state index in [0.717, 1.165) is 18.7 Å². The Balaban J connectivity index is 2.00. The first-order valence-corrected chi connectivity index (χ1v) is 8.01. The third kappa shape index (κ3) is 2.38. The molecule has 1 aromatic rings. The van der Waals surface area contributed by atoms with Gasteiger partial charge in [0.2, 0.25) is 0 Å². The van der Waals surface area contributed by atoms with Crippen molar-refractivity contribution in [3.05, 3.63) is 42.5 Å². The maximum atomic E-state index is 12.5. The van der Waals surface area contributed by atoms with Crippen molar-refractivity contribution in [2.24, 2.45) is 11.3 Å². The third-order valence-electron chi connectivity index (χ3n) is 5.39. The number of carbonyl (C=O) groups is 1. The third-order valence-corrected chi connectivity index (χ3v) is 5.39. The van der Waals surface area contributed by atoms with Crippen molar-refractivity contribution in [2.75, 3.05) is 13.7 Å². The number of nitrogens with zero attached hydrogens (tertiary/aromatic N) is 1. The van der Waals surface area contributed by atoms with Crippen molar-refractivity contribution in [3.63, 3.8) is 0 Å². The molecule has 3 aliphatic rings. The maximum absolute atomic E-state index is 12.5. The molecule has 3 atom stereocenters. The van der Waals surface area contributed by atoms with E-state index in [1.54, 1.807) is 7.11 Å². The molecule has 1 aromatic carbocycles. The molecule has 0 N–H and O–H groups in total. The van der Waals surface area contributed by atoms with E-state index in [2.05, 4.69) is 37.5 Å². The molecule has 2 heterocycles. The lowest BCUT2D eigenvalue weighted by Gasteiger charge is -2.58. The molecule has 0 unspecified atom stereocenters. The van der Waals surface area contributed by atoms with E-state index in [0.29, 0.717) is 18.2 Å². The number of piperidine rings is 2. The molecule has 0 amide bonds. The number of ether oxygens (including phenoxy) is 1. The Kier molecular flexibility index (Phi) is 3.85. The molecule has 3 heteroatoms. The van der Waals surface area contributed by atoms with Crippen molar-refractivity contribution < 1.29 is 9.53 Å². The molecule has 0 aromatic heterocycles. The molecule has 1 saturated carbocycles. The Morgan fingerprint density at radius 1 is 1.36 bits per heavy atom. The van der Waals surface area contributed by atoms with Gasteiger partial charge in [0.25, 0.3) is 0 Å². The maximum Gasteiger partial charge on any atom is 0.139 e. The zero-order chi connectivity index (χ0) is 15.9. The summed E-state index contributed by atoms with van der Waals surface area (Å²) in [5.74, 6) is 1.37. The van der Waals surface area contributed by atoms with Crippen LogP contribution in [0.15, 0.2) is 36.9 Å². The van der Waals surface area contributed by atoms with Gasteiger partial charge in [-0.3, -0.25) is 9.69 Å². The van der Waals surface area contributed by atoms with Gasteiger partial charge < -0.3 is 4.74 Å². The summed E-state index contributed by atoms with van der Waals surface area (Å²) in [6, 6.07) is 8.64. The van der Waals surface area contributed by atoms with Crippen molar-refractivity contribution in [2.45, 2.75) is 38.8 Å². The van der Waals surface area contributed by atoms with Crippen LogP contribution in [0.2, 0.25) is 0 Å². The highest BCUT2D eigenvalue weighted by Crippen LogP contribution is 2.53. The monoisotopic (exact) mass is 299 g/mol. The summed E-state index contributed by atoms with van der Waals surface area (Å²) in [7, 11) is 1.67. The van der Waals surface area contributed by atoms with Gasteiger partial charge >= 0.3 is 0 Å². The number of rotatable bonds is 4. The van der Waals surface area contributed by atoms with Crippen LogP contribution in [0.25, 0.3) is 0 Å². The van der Waals surface area contributed by atoms with Crippen LogP contribution < -0.4 is 4.74 Å². The highest BCUT2D eigenvalue weighted by Gasteiger charge is 2.54. The molecule has 0 spiro atoms. The number of methoxy groups -OCH3 is 1. The Labute approximate surface area is 133 Å². The minimum absolute atomic E-state index is 0.0911. The standard InChI is InChI=1S/C19H25NO2/c1-5-10-20-17-11-16(21)15(12-19(17,2)3)18(20)13-6-8-14(22-4)9-7-13/h5-9,15,17-18H,1,10-12H2,2-4H3/t15-,17-,18-/m1/s1. The van der Waals surface area contributed by atoms with Crippen LogP contribution in [0.5, 0.6) is 5.75 Å². The van der Waals surface area contributed by atoms with Crippen LogP contribution >= 0.6 is 0 Å². The molecular weight excluding hydrogens is 274 g/mol. The predicted molar refractivity (Wildman–Crippen MR) is 87.9 cm³/mol. The molecule has 2 saturated heterocycles. The van der Waals surface area contributed by atoms with E-state index in [-0.39, 0.29) is 17.4 Å². The van der Waals surface area contributed by atoms with Gasteiger partial charge in [-0.25, -0.2) is 0 Å². The summed E-state index contributed by atoms with van der Waals surface area (Å²) >= 11 is 0. The van der Waals surface area contributed by atoms with E-state index in [4.69, 9.17) is 4.74 Å². The second kappa shape index (κ2) is 5.54. The quantitative estimate of drug-likeness (QED) is 0.795. The number of fused-ring (bicyclic) bond motifs is 3. The smallest absolute Gasteiger partial charge is 0.139 e. The summed E-state index contributed by atoms with van der Waals surface area (Å²) in [5, 5.41) is 0. The molecule has 0 radical (unpaired) electrons. The Bertz CT molecular complexity index is 576. The van der Waals surface area contributed by atoms with Gasteiger partial charge in [-0.15, -0.1) is 6.58 Å². The first-order chi connectivity index (χ1) is 10.5. The average Bonchev–Trinajstić information content (AvgIpc) is 2.49. The fraction of sp³-hybridized carbons (Fsp3) is 0.526. The SMILES string of the molecule is C=CCN1[C@H](c2ccc(OC)cc2)[C@@H]2CC(C)(C)[C@H]1CC2=O. The summed E-state index contributed by atoms with van der Waals surface area (Å²) in [4.78, 5) is 15.0. The largest absolute Gasteiger partial charge is 0.497 e. The number of benzene rings is 1. The predicted octanol–water partition coefficient (Wildman–Crippen LogP) is 3.61. The fourth-order valence-electron chi connectivity index (χ4n) is 4.33. The van der Waals surface area contributed by atoms with Gasteiger partial charge in [-0.2, -0.15) is 0 Å². The summed E-state index contributed by atoms with van der Waals surface area (Å²) in [5.41, 5.74) is 1.39. The minimum Gasteiger partial charge on any atom is -0.497 e. The van der Waals surface area contributed by atoms with Gasteiger partial charge in [0.05, 0.1) is 7.11 Å². The van der Waals surface area contributed by atoms with Gasteiger partial charge in [0.15, 0.2) is 0 Å². The lowest BCUT2D eigenvalue weighted by Crippen LogP contribution is -2.61. The van der Waals surface area contributed by atoms with Crippen LogP contribution in [0.1, 0.15) is 38.3 Å². The molecule has 118 valence electrons. The Hall–Kier alpha value is -1.61. The normalized spacial score (nSPS) is 30.3. The number of ketones is 1. The Morgan fingerprint density at radius 3 is 2.64 bits per heavy atom. The van der Waals surface area contributed by atoms with Gasteiger partial charge in [-0.05, 0) is 29.5 Å². The van der Waals surface area contributed by atoms with Crippen LogP contribution in [-0.2, 0) is 4.79 Å². The molecule has 2 aliphatic heterocycles. The van der Waals surface area contributed by atoms with E-state index < -0.39 is 0 Å². The number of hydrogen-bond donors (Lipinski definition) is 0. The lowest BCUT2D eigenvalue weighted by molar-refractivity contribution is -0.149. The molecular formula is C19H25NO2. The second-order valence-corrected chi connectivity index (χ2v) is 7.19. The zero-order valence-electron chi connectivity index (χ0n) is 13.7. The van der Waals surface area contributed by atoms with Crippen molar-refractivity contribution >= 4 is 5.78 Å². The van der Waals surface area contributed by atoms with Gasteiger partial charge in [0, 0.05) is 31.0 Å². The fourth-order valence-corrected chi connectivity index (χ4v) is 4.33. The van der Waals surface area contributed by atoms with E-state index in [1.165, 1.54) is 5.56 Å². The van der Waals surface area contributed by atoms with E-state index in [9.17, 15) is 4.79 Å². The van der Waals surface area contributed by atoms with E-state index >= 15 is 0 Å². The van der Waals surface area contributed by atoms with Gasteiger partial charge in [-0.1, -0.05) is 32.1 Å². The Morgan fingerprint density at radius 2 is 2.05 bits per heavy atom. The first-order valence-electron chi connectivity index (χ1n) is 8.01. The molecule has 2 bridgehead atoms. The van der Waals surface area contributed by atoms with Crippen LogP contribution in [0, 0.1) is 11.3 Å². The summed E-state index contributed by atoms with van der Waals surface area (Å²) < 4.78 is 5.25. The van der Waals surface area contributed by atoms with Crippen LogP contribution in [-0.4, -0.2) is 30.4 Å². The van der Waals surface area contributed by atoms with Crippen molar-refractivity contribution in [1.29, 1.82) is 0 Å². The lowest BCUT2D eigenvalue weighted by atomic mass is 9.60. The second-order valence-electron chi connectivity index (χ2n) is 7.19. The average molecular weight is 299 g/mol. The molecule has 3 fully saturated rings. The minimum atomic E-state index is 0.0911. The number of hydrogen-bond acceptors (Lipinski definition) is 3. The molecule has 22 heavy (non-hydrogen) atoms. The van der Waals surface area contributed by atoms with Crippen LogP contribution in [0.3, 0.4) is 0 Å². The zero-order valence-corrected chi connectivity index (χ0v) is 13.7. The highest BCUT2D eigenvalue weighted by atomic mass is 16.5. The van der Waals surface area contributed by atoms with Crippen molar-refractivity contribution in [1.82, 2.24) is 4.90 Å². The highest BCUT2D eigenvalue weighted by molar-refractivity contribution is 5.84. The topological polar surface area (TPSA) is 29.5 Å². The van der Waals surface area contributed by atoms with Crippen LogP contribution in [0.4, 0.5) is 0 Å². The molecule has 4 rings (SSSR count). The molecule has 1 aliphatic carbocycles. The number of carbonyl (C=O) groups excluding carboxylic acids is 1. The molecule has 3 nitrogen and oxygen atoms in total. The summed E-state index contributed by atoms with van der Waals surface area (Å²) in [6.45, 7) is 9.32.